The molecule has 100 valence electrons. The molecular formula is C15H17NO3. The molecule has 0 fully saturated rings. The van der Waals surface area contributed by atoms with E-state index in [2.05, 4.69) is 5.32 Å². The van der Waals surface area contributed by atoms with Crippen molar-refractivity contribution in [2.24, 2.45) is 0 Å². The first-order chi connectivity index (χ1) is 8.87. The van der Waals surface area contributed by atoms with Gasteiger partial charge in [0.2, 0.25) is 5.91 Å². The van der Waals surface area contributed by atoms with Crippen molar-refractivity contribution in [2.75, 3.05) is 0 Å². The van der Waals surface area contributed by atoms with Crippen LogP contribution < -0.4 is 5.32 Å². The van der Waals surface area contributed by atoms with Crippen molar-refractivity contribution in [2.45, 2.75) is 25.8 Å². The minimum atomic E-state index is -2.06. The molecule has 0 amide bonds. The van der Waals surface area contributed by atoms with Gasteiger partial charge in [-0.15, -0.1) is 0 Å². The van der Waals surface area contributed by atoms with Crippen LogP contribution in [0.15, 0.2) is 42.5 Å². The number of rotatable bonds is 4. The first-order valence-electron chi connectivity index (χ1n) is 6.12. The fraction of sp³-hybridized carbons (Fsp3) is 0.267. The molecular weight excluding hydrogens is 242 g/mol. The van der Waals surface area contributed by atoms with Gasteiger partial charge in [-0.25, -0.2) is 0 Å². The highest BCUT2D eigenvalue weighted by Gasteiger charge is 2.23. The molecule has 0 aromatic heterocycles. The number of ketones is 1. The van der Waals surface area contributed by atoms with Gasteiger partial charge in [0.05, 0.1) is 6.04 Å². The van der Waals surface area contributed by atoms with E-state index in [1.807, 2.05) is 36.4 Å². The molecule has 0 saturated heterocycles. The highest BCUT2D eigenvalue weighted by molar-refractivity contribution is 6.02. The quantitative estimate of drug-likeness (QED) is 0.577. The molecule has 0 saturated carbocycles. The standard InChI is InChI=1S/C15H17NO3/c1-10(16-15(2,18)19)14(17)13-8-7-11-5-3-4-6-12(11)9-13/h3-10,16,18-19H,1-2H3. The summed E-state index contributed by atoms with van der Waals surface area (Å²) in [5.41, 5.74) is 0.544. The summed E-state index contributed by atoms with van der Waals surface area (Å²) in [6.45, 7) is 2.78. The Morgan fingerprint density at radius 3 is 2.42 bits per heavy atom. The Labute approximate surface area is 111 Å². The normalized spacial score (nSPS) is 13.5. The summed E-state index contributed by atoms with van der Waals surface area (Å²) in [7, 11) is 0. The van der Waals surface area contributed by atoms with E-state index >= 15 is 0 Å². The maximum absolute atomic E-state index is 12.2. The summed E-state index contributed by atoms with van der Waals surface area (Å²) in [6.07, 6.45) is 0. The molecule has 19 heavy (non-hydrogen) atoms. The van der Waals surface area contributed by atoms with Crippen LogP contribution in [-0.2, 0) is 0 Å². The van der Waals surface area contributed by atoms with Crippen LogP contribution in [0.1, 0.15) is 24.2 Å². The fourth-order valence-electron chi connectivity index (χ4n) is 2.07. The fourth-order valence-corrected chi connectivity index (χ4v) is 2.07. The third-order valence-electron chi connectivity index (χ3n) is 2.92. The zero-order valence-electron chi connectivity index (χ0n) is 10.9. The Morgan fingerprint density at radius 1 is 1.16 bits per heavy atom. The Morgan fingerprint density at radius 2 is 1.79 bits per heavy atom. The van der Waals surface area contributed by atoms with Gasteiger partial charge >= 0.3 is 0 Å². The molecule has 0 bridgehead atoms. The lowest BCUT2D eigenvalue weighted by atomic mass is 10.0. The van der Waals surface area contributed by atoms with Crippen molar-refractivity contribution < 1.29 is 15.0 Å². The van der Waals surface area contributed by atoms with E-state index in [0.29, 0.717) is 5.56 Å². The van der Waals surface area contributed by atoms with Crippen LogP contribution in [0.3, 0.4) is 0 Å². The molecule has 0 aliphatic rings. The second-order valence-electron chi connectivity index (χ2n) is 4.81. The van der Waals surface area contributed by atoms with Crippen molar-refractivity contribution in [3.05, 3.63) is 48.0 Å². The van der Waals surface area contributed by atoms with Crippen LogP contribution in [0.25, 0.3) is 10.8 Å². The average molecular weight is 259 g/mol. The molecule has 0 aliphatic heterocycles. The highest BCUT2D eigenvalue weighted by Crippen LogP contribution is 2.17. The van der Waals surface area contributed by atoms with Gasteiger partial charge in [0, 0.05) is 12.5 Å². The van der Waals surface area contributed by atoms with E-state index in [-0.39, 0.29) is 5.78 Å². The monoisotopic (exact) mass is 259 g/mol. The summed E-state index contributed by atoms with van der Waals surface area (Å²) in [5.74, 6) is -2.24. The smallest absolute Gasteiger partial charge is 0.219 e. The number of fused-ring (bicyclic) bond motifs is 1. The lowest BCUT2D eigenvalue weighted by Crippen LogP contribution is -2.49. The number of hydrogen-bond acceptors (Lipinski definition) is 4. The van der Waals surface area contributed by atoms with Gasteiger partial charge in [-0.1, -0.05) is 36.4 Å². The zero-order chi connectivity index (χ0) is 14.0. The lowest BCUT2D eigenvalue weighted by Gasteiger charge is -2.22. The van der Waals surface area contributed by atoms with Crippen molar-refractivity contribution in [3.8, 4) is 0 Å². The van der Waals surface area contributed by atoms with E-state index in [1.165, 1.54) is 6.92 Å². The van der Waals surface area contributed by atoms with Crippen LogP contribution in [0.4, 0.5) is 0 Å². The van der Waals surface area contributed by atoms with Crippen LogP contribution in [0.5, 0.6) is 0 Å². The van der Waals surface area contributed by atoms with Crippen molar-refractivity contribution in [1.82, 2.24) is 5.32 Å². The summed E-state index contributed by atoms with van der Waals surface area (Å²) in [6, 6.07) is 12.5. The van der Waals surface area contributed by atoms with Crippen molar-refractivity contribution >= 4 is 16.6 Å². The number of benzene rings is 2. The highest BCUT2D eigenvalue weighted by atomic mass is 16.5. The van der Waals surface area contributed by atoms with E-state index in [0.717, 1.165) is 10.8 Å². The molecule has 4 heteroatoms. The zero-order valence-corrected chi connectivity index (χ0v) is 10.9. The molecule has 3 N–H and O–H groups in total. The van der Waals surface area contributed by atoms with Crippen LogP contribution >= 0.6 is 0 Å². The summed E-state index contributed by atoms with van der Waals surface area (Å²) in [4.78, 5) is 12.2. The predicted molar refractivity (Wildman–Crippen MR) is 73.7 cm³/mol. The minimum absolute atomic E-state index is 0.180. The Kier molecular flexibility index (Phi) is 3.66. The number of carbonyl (C=O) groups is 1. The van der Waals surface area contributed by atoms with Gasteiger partial charge < -0.3 is 10.2 Å². The van der Waals surface area contributed by atoms with Crippen LogP contribution in [0.2, 0.25) is 0 Å². The molecule has 0 heterocycles. The van der Waals surface area contributed by atoms with Gasteiger partial charge in [0.15, 0.2) is 5.78 Å². The third kappa shape index (κ3) is 3.38. The minimum Gasteiger partial charge on any atom is -0.354 e. The molecule has 4 nitrogen and oxygen atoms in total. The first-order valence-corrected chi connectivity index (χ1v) is 6.12. The number of hydrogen-bond donors (Lipinski definition) is 3. The SMILES string of the molecule is CC(NC(C)(O)O)C(=O)c1ccc2ccccc2c1. The molecule has 0 radical (unpaired) electrons. The van der Waals surface area contributed by atoms with Gasteiger partial charge in [-0.3, -0.25) is 10.1 Å². The van der Waals surface area contributed by atoms with E-state index < -0.39 is 12.0 Å². The number of aliphatic hydroxyl groups is 2. The largest absolute Gasteiger partial charge is 0.354 e. The second kappa shape index (κ2) is 5.09. The Balaban J connectivity index is 2.26. The summed E-state index contributed by atoms with van der Waals surface area (Å²) >= 11 is 0. The number of nitrogens with one attached hydrogen (secondary N) is 1. The van der Waals surface area contributed by atoms with Gasteiger partial charge in [-0.2, -0.15) is 0 Å². The maximum atomic E-state index is 12.2. The van der Waals surface area contributed by atoms with E-state index in [9.17, 15) is 15.0 Å². The van der Waals surface area contributed by atoms with Crippen LogP contribution in [0, 0.1) is 0 Å². The molecule has 0 spiro atoms. The predicted octanol–water partition coefficient (Wildman–Crippen LogP) is 1.66. The third-order valence-corrected chi connectivity index (χ3v) is 2.92. The maximum Gasteiger partial charge on any atom is 0.219 e. The molecule has 2 rings (SSSR count). The van der Waals surface area contributed by atoms with Gasteiger partial charge in [-0.05, 0) is 23.8 Å². The van der Waals surface area contributed by atoms with Gasteiger partial charge in [0.25, 0.3) is 0 Å². The molecule has 1 unspecified atom stereocenters. The lowest BCUT2D eigenvalue weighted by molar-refractivity contribution is -0.172. The van der Waals surface area contributed by atoms with Crippen molar-refractivity contribution in [3.63, 3.8) is 0 Å². The first kappa shape index (κ1) is 13.7. The molecule has 1 atom stereocenters. The summed E-state index contributed by atoms with van der Waals surface area (Å²) in [5, 5.41) is 23.0. The van der Waals surface area contributed by atoms with Crippen LogP contribution in [-0.4, -0.2) is 27.9 Å². The molecule has 2 aromatic rings. The number of carbonyl (C=O) groups excluding carboxylic acids is 1. The summed E-state index contributed by atoms with van der Waals surface area (Å²) < 4.78 is 0. The van der Waals surface area contributed by atoms with Crippen molar-refractivity contribution in [1.29, 1.82) is 0 Å². The Bertz CT molecular complexity index is 602. The molecule has 2 aromatic carbocycles. The van der Waals surface area contributed by atoms with E-state index in [4.69, 9.17) is 0 Å². The van der Waals surface area contributed by atoms with E-state index in [1.54, 1.807) is 13.0 Å². The average Bonchev–Trinajstić information content (AvgIpc) is 2.35. The second-order valence-corrected chi connectivity index (χ2v) is 4.81. The number of Topliss-reactive ketones (excluding diaryl/α,β-unsaturated/α-hetero) is 1. The van der Waals surface area contributed by atoms with Gasteiger partial charge in [0.1, 0.15) is 0 Å². The molecule has 0 aliphatic carbocycles. The Hall–Kier alpha value is -1.75. The topological polar surface area (TPSA) is 69.6 Å².